The maximum Gasteiger partial charge on any atom is 0.287 e. The largest absolute Gasteiger partial charge is 0.451 e. The molecular weight excluding hydrogens is 242 g/mol. The minimum absolute atomic E-state index is 0.00979. The van der Waals surface area contributed by atoms with Gasteiger partial charge in [-0.05, 0) is 38.0 Å². The first-order valence-corrected chi connectivity index (χ1v) is 6.43. The Labute approximate surface area is 112 Å². The topological polar surface area (TPSA) is 62.5 Å². The van der Waals surface area contributed by atoms with Crippen molar-refractivity contribution in [1.82, 2.24) is 5.32 Å². The average Bonchev–Trinajstić information content (AvgIpc) is 2.80. The quantitative estimate of drug-likeness (QED) is 0.888. The lowest BCUT2D eigenvalue weighted by atomic mass is 10.1. The number of fused-ring (bicyclic) bond motifs is 1. The van der Waals surface area contributed by atoms with Crippen molar-refractivity contribution in [1.29, 1.82) is 0 Å². The summed E-state index contributed by atoms with van der Waals surface area (Å²) in [5.74, 6) is 0.0646. The van der Waals surface area contributed by atoms with E-state index in [1.54, 1.807) is 6.07 Å². The number of rotatable bonds is 4. The second-order valence-electron chi connectivity index (χ2n) is 5.07. The van der Waals surface area contributed by atoms with E-state index in [2.05, 4.69) is 5.32 Å². The van der Waals surface area contributed by atoms with Crippen molar-refractivity contribution in [2.45, 2.75) is 26.8 Å². The zero-order valence-electron chi connectivity index (χ0n) is 11.4. The van der Waals surface area contributed by atoms with E-state index in [-0.39, 0.29) is 24.5 Å². The van der Waals surface area contributed by atoms with Crippen LogP contribution in [0.4, 0.5) is 0 Å². The fourth-order valence-electron chi connectivity index (χ4n) is 1.85. The first-order chi connectivity index (χ1) is 9.01. The highest BCUT2D eigenvalue weighted by Crippen LogP contribution is 2.20. The summed E-state index contributed by atoms with van der Waals surface area (Å²) in [6, 6.07) is 7.43. The van der Waals surface area contributed by atoms with E-state index in [1.165, 1.54) is 0 Å². The van der Waals surface area contributed by atoms with Crippen LogP contribution in [0.15, 0.2) is 28.7 Å². The van der Waals surface area contributed by atoms with Gasteiger partial charge in [0.15, 0.2) is 5.76 Å². The maximum absolute atomic E-state index is 12.0. The Morgan fingerprint density at radius 3 is 2.79 bits per heavy atom. The molecule has 1 aromatic carbocycles. The summed E-state index contributed by atoms with van der Waals surface area (Å²) in [5.41, 5.74) is 1.83. The number of amides is 1. The van der Waals surface area contributed by atoms with Crippen molar-refractivity contribution >= 4 is 16.9 Å². The van der Waals surface area contributed by atoms with E-state index >= 15 is 0 Å². The smallest absolute Gasteiger partial charge is 0.287 e. The van der Waals surface area contributed by atoms with E-state index in [1.807, 2.05) is 39.0 Å². The number of aliphatic hydroxyl groups excluding tert-OH is 1. The summed E-state index contributed by atoms with van der Waals surface area (Å²) in [6.07, 6.45) is 0. The molecule has 2 unspecified atom stereocenters. The van der Waals surface area contributed by atoms with Gasteiger partial charge in [-0.3, -0.25) is 4.79 Å². The molecule has 0 saturated carbocycles. The number of aryl methyl sites for hydroxylation is 1. The summed E-state index contributed by atoms with van der Waals surface area (Å²) in [4.78, 5) is 12.0. The van der Waals surface area contributed by atoms with Crippen molar-refractivity contribution < 1.29 is 14.3 Å². The maximum atomic E-state index is 12.0. The Bertz CT molecular complexity index is 588. The first kappa shape index (κ1) is 13.6. The number of benzene rings is 1. The number of aliphatic hydroxyl groups is 1. The van der Waals surface area contributed by atoms with Crippen LogP contribution in [0.3, 0.4) is 0 Å². The SMILES string of the molecule is Cc1ccc2oc(C(=O)NC(C)C(C)CO)cc2c1. The van der Waals surface area contributed by atoms with E-state index in [4.69, 9.17) is 9.52 Å². The van der Waals surface area contributed by atoms with Crippen LogP contribution in [-0.2, 0) is 0 Å². The third-order valence-corrected chi connectivity index (χ3v) is 3.40. The number of hydrogen-bond acceptors (Lipinski definition) is 3. The van der Waals surface area contributed by atoms with Gasteiger partial charge in [-0.2, -0.15) is 0 Å². The van der Waals surface area contributed by atoms with Crippen LogP contribution in [0.2, 0.25) is 0 Å². The van der Waals surface area contributed by atoms with Gasteiger partial charge in [-0.1, -0.05) is 18.6 Å². The standard InChI is InChI=1S/C15H19NO3/c1-9-4-5-13-12(6-9)7-14(19-13)15(18)16-11(3)10(2)8-17/h4-7,10-11,17H,8H2,1-3H3,(H,16,18). The van der Waals surface area contributed by atoms with Crippen LogP contribution >= 0.6 is 0 Å². The Hall–Kier alpha value is -1.81. The average molecular weight is 261 g/mol. The highest BCUT2D eigenvalue weighted by atomic mass is 16.3. The lowest BCUT2D eigenvalue weighted by Crippen LogP contribution is -2.38. The van der Waals surface area contributed by atoms with Gasteiger partial charge in [0.05, 0.1) is 0 Å². The predicted octanol–water partition coefficient (Wildman–Crippen LogP) is 2.49. The highest BCUT2D eigenvalue weighted by Gasteiger charge is 2.18. The molecule has 0 saturated heterocycles. The molecule has 4 nitrogen and oxygen atoms in total. The second kappa shape index (κ2) is 5.45. The summed E-state index contributed by atoms with van der Waals surface area (Å²) in [6.45, 7) is 5.79. The van der Waals surface area contributed by atoms with E-state index < -0.39 is 0 Å². The van der Waals surface area contributed by atoms with Crippen LogP contribution in [0.25, 0.3) is 11.0 Å². The molecule has 102 valence electrons. The third-order valence-electron chi connectivity index (χ3n) is 3.40. The van der Waals surface area contributed by atoms with Gasteiger partial charge in [0.1, 0.15) is 5.58 Å². The Morgan fingerprint density at radius 1 is 1.37 bits per heavy atom. The van der Waals surface area contributed by atoms with Crippen LogP contribution in [0.5, 0.6) is 0 Å². The minimum Gasteiger partial charge on any atom is -0.451 e. The molecule has 0 spiro atoms. The highest BCUT2D eigenvalue weighted by molar-refractivity contribution is 5.96. The molecule has 2 atom stereocenters. The van der Waals surface area contributed by atoms with Crippen molar-refractivity contribution in [2.24, 2.45) is 5.92 Å². The molecule has 19 heavy (non-hydrogen) atoms. The number of carbonyl (C=O) groups excluding carboxylic acids is 1. The molecule has 4 heteroatoms. The molecule has 2 N–H and O–H groups in total. The first-order valence-electron chi connectivity index (χ1n) is 6.43. The minimum atomic E-state index is -0.248. The van der Waals surface area contributed by atoms with Crippen LogP contribution < -0.4 is 5.32 Å². The van der Waals surface area contributed by atoms with Crippen molar-refractivity contribution in [3.05, 3.63) is 35.6 Å². The Balaban J connectivity index is 2.17. The van der Waals surface area contributed by atoms with Gasteiger partial charge in [0.2, 0.25) is 0 Å². The van der Waals surface area contributed by atoms with Gasteiger partial charge in [-0.15, -0.1) is 0 Å². The Morgan fingerprint density at radius 2 is 2.11 bits per heavy atom. The van der Waals surface area contributed by atoms with Crippen molar-refractivity contribution in [3.8, 4) is 0 Å². The van der Waals surface area contributed by atoms with Crippen LogP contribution in [0.1, 0.15) is 30.0 Å². The molecule has 2 aromatic rings. The fraction of sp³-hybridized carbons (Fsp3) is 0.400. The summed E-state index contributed by atoms with van der Waals surface area (Å²) >= 11 is 0. The van der Waals surface area contributed by atoms with Gasteiger partial charge < -0.3 is 14.8 Å². The lowest BCUT2D eigenvalue weighted by Gasteiger charge is -2.18. The van der Waals surface area contributed by atoms with Crippen LogP contribution in [0, 0.1) is 12.8 Å². The molecule has 1 amide bonds. The molecule has 0 aliphatic carbocycles. The van der Waals surface area contributed by atoms with Gasteiger partial charge in [-0.25, -0.2) is 0 Å². The van der Waals surface area contributed by atoms with E-state index in [0.29, 0.717) is 11.3 Å². The number of furan rings is 1. The van der Waals surface area contributed by atoms with Gasteiger partial charge >= 0.3 is 0 Å². The number of hydrogen-bond donors (Lipinski definition) is 2. The van der Waals surface area contributed by atoms with E-state index in [9.17, 15) is 4.79 Å². The summed E-state index contributed by atoms with van der Waals surface area (Å²) < 4.78 is 5.52. The van der Waals surface area contributed by atoms with Crippen molar-refractivity contribution in [3.63, 3.8) is 0 Å². The molecule has 0 radical (unpaired) electrons. The summed E-state index contributed by atoms with van der Waals surface area (Å²) in [7, 11) is 0. The molecule has 0 aliphatic rings. The van der Waals surface area contributed by atoms with Crippen molar-refractivity contribution in [2.75, 3.05) is 6.61 Å². The molecule has 2 rings (SSSR count). The third kappa shape index (κ3) is 2.96. The van der Waals surface area contributed by atoms with Crippen LogP contribution in [-0.4, -0.2) is 23.7 Å². The fourth-order valence-corrected chi connectivity index (χ4v) is 1.85. The zero-order chi connectivity index (χ0) is 14.0. The van der Waals surface area contributed by atoms with E-state index in [0.717, 1.165) is 10.9 Å². The monoisotopic (exact) mass is 261 g/mol. The number of nitrogens with one attached hydrogen (secondary N) is 1. The normalized spacial score (nSPS) is 14.3. The second-order valence-corrected chi connectivity index (χ2v) is 5.07. The lowest BCUT2D eigenvalue weighted by molar-refractivity contribution is 0.0890. The molecule has 0 bridgehead atoms. The molecule has 1 aromatic heterocycles. The van der Waals surface area contributed by atoms with Gasteiger partial charge in [0, 0.05) is 18.0 Å². The Kier molecular flexibility index (Phi) is 3.90. The number of carbonyl (C=O) groups is 1. The molecule has 1 heterocycles. The molecule has 0 aliphatic heterocycles. The molecular formula is C15H19NO3. The predicted molar refractivity (Wildman–Crippen MR) is 74.1 cm³/mol. The van der Waals surface area contributed by atoms with Gasteiger partial charge in [0.25, 0.3) is 5.91 Å². The molecule has 0 fully saturated rings. The summed E-state index contributed by atoms with van der Waals surface area (Å²) in [5, 5.41) is 12.8. The zero-order valence-corrected chi connectivity index (χ0v) is 11.4.